The zero-order valence-corrected chi connectivity index (χ0v) is 10.8. The molecule has 3 unspecified atom stereocenters. The van der Waals surface area contributed by atoms with Crippen LogP contribution in [0.4, 0.5) is 0 Å². The van der Waals surface area contributed by atoms with Crippen LogP contribution in [0, 0.1) is 11.8 Å². The number of carbonyl (C=O) groups is 1. The molecule has 1 N–H and O–H groups in total. The summed E-state index contributed by atoms with van der Waals surface area (Å²) in [5, 5.41) is 9.12. The number of carbonyl (C=O) groups excluding carboxylic acids is 1. The molecule has 17 heavy (non-hydrogen) atoms. The molecule has 0 saturated carbocycles. The van der Waals surface area contributed by atoms with Crippen molar-refractivity contribution in [3.05, 3.63) is 12.3 Å². The first-order chi connectivity index (χ1) is 8.13. The minimum Gasteiger partial charge on any atom is -0.495 e. The van der Waals surface area contributed by atoms with E-state index in [-0.39, 0.29) is 36.6 Å². The Morgan fingerprint density at radius 2 is 2.12 bits per heavy atom. The van der Waals surface area contributed by atoms with E-state index in [4.69, 9.17) is 14.6 Å². The first kappa shape index (κ1) is 14.0. The molecular weight excluding hydrogens is 220 g/mol. The van der Waals surface area contributed by atoms with Crippen LogP contribution in [0.1, 0.15) is 33.6 Å². The summed E-state index contributed by atoms with van der Waals surface area (Å²) in [6, 6.07) is 0. The second kappa shape index (κ2) is 6.64. The van der Waals surface area contributed by atoms with Gasteiger partial charge in [0.25, 0.3) is 0 Å². The smallest absolute Gasteiger partial charge is 0.309 e. The van der Waals surface area contributed by atoms with Crippen molar-refractivity contribution < 1.29 is 19.4 Å². The standard InChI is InChI=1S/C13H22O4/c1-4-10(5-2)13(15)17-11-6-7-16-12(8-14)9(11)3/h6-7,9-12,14H,4-5,8H2,1-3H3. The van der Waals surface area contributed by atoms with Crippen molar-refractivity contribution in [2.45, 2.75) is 45.8 Å². The number of aliphatic hydroxyl groups is 1. The van der Waals surface area contributed by atoms with Gasteiger partial charge >= 0.3 is 5.97 Å². The van der Waals surface area contributed by atoms with Crippen molar-refractivity contribution in [1.82, 2.24) is 0 Å². The zero-order chi connectivity index (χ0) is 12.8. The second-order valence-corrected chi connectivity index (χ2v) is 4.46. The summed E-state index contributed by atoms with van der Waals surface area (Å²) >= 11 is 0. The van der Waals surface area contributed by atoms with Crippen molar-refractivity contribution in [3.8, 4) is 0 Å². The summed E-state index contributed by atoms with van der Waals surface area (Å²) < 4.78 is 10.7. The van der Waals surface area contributed by atoms with Gasteiger partial charge < -0.3 is 14.6 Å². The largest absolute Gasteiger partial charge is 0.495 e. The van der Waals surface area contributed by atoms with E-state index in [9.17, 15) is 4.79 Å². The van der Waals surface area contributed by atoms with Gasteiger partial charge in [0.2, 0.25) is 0 Å². The van der Waals surface area contributed by atoms with Crippen LogP contribution >= 0.6 is 0 Å². The van der Waals surface area contributed by atoms with Gasteiger partial charge in [0.1, 0.15) is 12.2 Å². The van der Waals surface area contributed by atoms with E-state index in [1.165, 1.54) is 6.26 Å². The van der Waals surface area contributed by atoms with E-state index in [2.05, 4.69) is 0 Å². The third kappa shape index (κ3) is 3.46. The third-order valence-electron chi connectivity index (χ3n) is 3.38. The lowest BCUT2D eigenvalue weighted by molar-refractivity contribution is -0.157. The van der Waals surface area contributed by atoms with Crippen molar-refractivity contribution in [3.63, 3.8) is 0 Å². The molecule has 1 aliphatic rings. The number of esters is 1. The van der Waals surface area contributed by atoms with Crippen LogP contribution in [-0.4, -0.2) is 29.9 Å². The lowest BCUT2D eigenvalue weighted by Gasteiger charge is -2.31. The maximum Gasteiger partial charge on any atom is 0.309 e. The Bertz CT molecular complexity index is 271. The molecule has 98 valence electrons. The predicted molar refractivity (Wildman–Crippen MR) is 64.2 cm³/mol. The fourth-order valence-corrected chi connectivity index (χ4v) is 1.94. The average Bonchev–Trinajstić information content (AvgIpc) is 2.33. The maximum atomic E-state index is 11.9. The molecular formula is C13H22O4. The van der Waals surface area contributed by atoms with Gasteiger partial charge in [-0.15, -0.1) is 0 Å². The lowest BCUT2D eigenvalue weighted by Crippen LogP contribution is -2.38. The van der Waals surface area contributed by atoms with Gasteiger partial charge in [-0.05, 0) is 18.9 Å². The number of ether oxygens (including phenoxy) is 2. The fourth-order valence-electron chi connectivity index (χ4n) is 1.94. The molecule has 0 amide bonds. The van der Waals surface area contributed by atoms with Gasteiger partial charge in [-0.2, -0.15) is 0 Å². The van der Waals surface area contributed by atoms with Crippen LogP contribution in [-0.2, 0) is 14.3 Å². The highest BCUT2D eigenvalue weighted by Gasteiger charge is 2.31. The van der Waals surface area contributed by atoms with Gasteiger partial charge in [0, 0.05) is 5.92 Å². The monoisotopic (exact) mass is 242 g/mol. The number of hydrogen-bond acceptors (Lipinski definition) is 4. The van der Waals surface area contributed by atoms with E-state index in [1.54, 1.807) is 6.08 Å². The van der Waals surface area contributed by atoms with Crippen molar-refractivity contribution in [2.75, 3.05) is 6.61 Å². The molecule has 0 spiro atoms. The van der Waals surface area contributed by atoms with Crippen LogP contribution in [0.25, 0.3) is 0 Å². The van der Waals surface area contributed by atoms with Gasteiger partial charge in [0.15, 0.2) is 0 Å². The van der Waals surface area contributed by atoms with Crippen molar-refractivity contribution in [2.24, 2.45) is 11.8 Å². The second-order valence-electron chi connectivity index (χ2n) is 4.46. The highest BCUT2D eigenvalue weighted by atomic mass is 16.6. The van der Waals surface area contributed by atoms with Crippen LogP contribution in [0.3, 0.4) is 0 Å². The third-order valence-corrected chi connectivity index (χ3v) is 3.38. The molecule has 0 fully saturated rings. The average molecular weight is 242 g/mol. The molecule has 0 radical (unpaired) electrons. The molecule has 0 aliphatic carbocycles. The first-order valence-electron chi connectivity index (χ1n) is 6.27. The van der Waals surface area contributed by atoms with Crippen LogP contribution in [0.2, 0.25) is 0 Å². The molecule has 0 aromatic carbocycles. The highest BCUT2D eigenvalue weighted by Crippen LogP contribution is 2.23. The summed E-state index contributed by atoms with van der Waals surface area (Å²) in [7, 11) is 0. The molecule has 1 heterocycles. The zero-order valence-electron chi connectivity index (χ0n) is 10.8. The maximum absolute atomic E-state index is 11.9. The van der Waals surface area contributed by atoms with Crippen LogP contribution < -0.4 is 0 Å². The Labute approximate surface area is 103 Å². The molecule has 1 aliphatic heterocycles. The summed E-state index contributed by atoms with van der Waals surface area (Å²) in [5.41, 5.74) is 0. The topological polar surface area (TPSA) is 55.8 Å². The summed E-state index contributed by atoms with van der Waals surface area (Å²) in [4.78, 5) is 11.9. The predicted octanol–water partition coefficient (Wildman–Crippen LogP) is 1.88. The minimum atomic E-state index is -0.297. The number of rotatable bonds is 5. The van der Waals surface area contributed by atoms with Gasteiger partial charge in [-0.3, -0.25) is 4.79 Å². The van der Waals surface area contributed by atoms with E-state index < -0.39 is 0 Å². The lowest BCUT2D eigenvalue weighted by atomic mass is 9.96. The summed E-state index contributed by atoms with van der Waals surface area (Å²) in [6.45, 7) is 5.81. The number of aliphatic hydroxyl groups excluding tert-OH is 1. The van der Waals surface area contributed by atoms with Crippen LogP contribution in [0.5, 0.6) is 0 Å². The van der Waals surface area contributed by atoms with E-state index in [0.717, 1.165) is 12.8 Å². The first-order valence-corrected chi connectivity index (χ1v) is 6.27. The quantitative estimate of drug-likeness (QED) is 0.748. The fraction of sp³-hybridized carbons (Fsp3) is 0.769. The SMILES string of the molecule is CCC(CC)C(=O)OC1C=COC(CO)C1C. The molecule has 0 bridgehead atoms. The highest BCUT2D eigenvalue weighted by molar-refractivity contribution is 5.72. The summed E-state index contributed by atoms with van der Waals surface area (Å²) in [5.74, 6) is -0.218. The van der Waals surface area contributed by atoms with Gasteiger partial charge in [-0.25, -0.2) is 0 Å². The molecule has 3 atom stereocenters. The normalized spacial score (nSPS) is 27.9. The minimum absolute atomic E-state index is 0.0247. The van der Waals surface area contributed by atoms with E-state index >= 15 is 0 Å². The Kier molecular flexibility index (Phi) is 5.48. The Balaban J connectivity index is 2.59. The summed E-state index contributed by atoms with van der Waals surface area (Å²) in [6.07, 6.45) is 4.23. The Hall–Kier alpha value is -1.03. The van der Waals surface area contributed by atoms with Crippen LogP contribution in [0.15, 0.2) is 12.3 Å². The van der Waals surface area contributed by atoms with Crippen molar-refractivity contribution in [1.29, 1.82) is 0 Å². The van der Waals surface area contributed by atoms with E-state index in [1.807, 2.05) is 20.8 Å². The van der Waals surface area contributed by atoms with Gasteiger partial charge in [-0.1, -0.05) is 20.8 Å². The molecule has 0 aromatic rings. The number of hydrogen-bond donors (Lipinski definition) is 1. The molecule has 0 aromatic heterocycles. The Morgan fingerprint density at radius 1 is 1.47 bits per heavy atom. The van der Waals surface area contributed by atoms with Crippen molar-refractivity contribution >= 4 is 5.97 Å². The van der Waals surface area contributed by atoms with E-state index in [0.29, 0.717) is 0 Å². The molecule has 4 heteroatoms. The van der Waals surface area contributed by atoms with Gasteiger partial charge in [0.05, 0.1) is 18.8 Å². The molecule has 0 saturated heterocycles. The molecule has 4 nitrogen and oxygen atoms in total. The Morgan fingerprint density at radius 3 is 2.65 bits per heavy atom. The molecule has 1 rings (SSSR count).